The molecule has 0 spiro atoms. The van der Waals surface area contributed by atoms with Crippen molar-refractivity contribution in [2.45, 2.75) is 51.0 Å². The Kier molecular flexibility index (Phi) is 4.46. The van der Waals surface area contributed by atoms with E-state index in [0.29, 0.717) is 11.3 Å². The van der Waals surface area contributed by atoms with Crippen LogP contribution in [0.15, 0.2) is 30.3 Å². The Labute approximate surface area is 135 Å². The Hall–Kier alpha value is -2.17. The number of aryl methyl sites for hydroxylation is 1. The minimum atomic E-state index is -0.619. The lowest BCUT2D eigenvalue weighted by molar-refractivity contribution is 0.0891. The van der Waals surface area contributed by atoms with Crippen molar-refractivity contribution in [1.29, 1.82) is 0 Å². The van der Waals surface area contributed by atoms with Gasteiger partial charge in [0.05, 0.1) is 5.54 Å². The Bertz CT molecular complexity index is 689. The summed E-state index contributed by atoms with van der Waals surface area (Å²) in [6, 6.07) is 8.50. The second-order valence-electron chi connectivity index (χ2n) is 6.25. The highest BCUT2D eigenvalue weighted by atomic mass is 19.1. The van der Waals surface area contributed by atoms with E-state index in [-0.39, 0.29) is 11.7 Å². The average molecular weight is 315 g/mol. The first-order valence-corrected chi connectivity index (χ1v) is 8.26. The Morgan fingerprint density at radius 2 is 2.09 bits per heavy atom. The third-order valence-electron chi connectivity index (χ3n) is 4.58. The minimum absolute atomic E-state index is 0.242. The molecule has 4 nitrogen and oxygen atoms in total. The number of benzene rings is 1. The summed E-state index contributed by atoms with van der Waals surface area (Å²) in [5, 5.41) is 10.0. The number of nitrogens with one attached hydrogen (secondary N) is 2. The molecule has 0 unspecified atom stereocenters. The average Bonchev–Trinajstić information content (AvgIpc) is 3.18. The number of halogens is 1. The Morgan fingerprint density at radius 1 is 1.35 bits per heavy atom. The van der Waals surface area contributed by atoms with Crippen LogP contribution in [-0.2, 0) is 12.0 Å². The van der Waals surface area contributed by atoms with Crippen LogP contribution in [-0.4, -0.2) is 16.1 Å². The van der Waals surface area contributed by atoms with Crippen LogP contribution >= 0.6 is 0 Å². The number of amides is 1. The fourth-order valence-corrected chi connectivity index (χ4v) is 3.45. The van der Waals surface area contributed by atoms with Crippen molar-refractivity contribution in [3.8, 4) is 0 Å². The molecular formula is C18H22FN3O. The van der Waals surface area contributed by atoms with E-state index in [0.717, 1.165) is 44.2 Å². The molecule has 2 N–H and O–H groups in total. The third kappa shape index (κ3) is 3.14. The van der Waals surface area contributed by atoms with Gasteiger partial charge in [-0.2, -0.15) is 5.10 Å². The van der Waals surface area contributed by atoms with Crippen molar-refractivity contribution in [1.82, 2.24) is 15.5 Å². The number of rotatable bonds is 5. The van der Waals surface area contributed by atoms with E-state index in [1.54, 1.807) is 18.2 Å². The van der Waals surface area contributed by atoms with Gasteiger partial charge in [0.15, 0.2) is 0 Å². The number of nitrogens with zero attached hydrogens (tertiary/aromatic N) is 1. The van der Waals surface area contributed by atoms with Crippen LogP contribution in [0.2, 0.25) is 0 Å². The maximum atomic E-state index is 14.3. The summed E-state index contributed by atoms with van der Waals surface area (Å²) in [5.74, 6) is -0.503. The molecule has 0 saturated heterocycles. The van der Waals surface area contributed by atoms with Crippen LogP contribution in [0.3, 0.4) is 0 Å². The van der Waals surface area contributed by atoms with Gasteiger partial charge in [0.2, 0.25) is 0 Å². The van der Waals surface area contributed by atoms with Crippen molar-refractivity contribution < 1.29 is 9.18 Å². The molecule has 23 heavy (non-hydrogen) atoms. The topological polar surface area (TPSA) is 57.8 Å². The smallest absolute Gasteiger partial charge is 0.272 e. The van der Waals surface area contributed by atoms with Crippen LogP contribution in [0.25, 0.3) is 0 Å². The molecule has 1 fully saturated rings. The molecule has 0 radical (unpaired) electrons. The predicted molar refractivity (Wildman–Crippen MR) is 86.6 cm³/mol. The largest absolute Gasteiger partial charge is 0.341 e. The van der Waals surface area contributed by atoms with Gasteiger partial charge < -0.3 is 5.32 Å². The molecule has 1 aliphatic carbocycles. The van der Waals surface area contributed by atoms with Gasteiger partial charge in [0.25, 0.3) is 5.91 Å². The van der Waals surface area contributed by atoms with Crippen LogP contribution in [0.5, 0.6) is 0 Å². The van der Waals surface area contributed by atoms with Crippen molar-refractivity contribution in [2.24, 2.45) is 0 Å². The van der Waals surface area contributed by atoms with E-state index in [2.05, 4.69) is 22.4 Å². The third-order valence-corrected chi connectivity index (χ3v) is 4.58. The van der Waals surface area contributed by atoms with Crippen molar-refractivity contribution in [3.05, 3.63) is 53.1 Å². The molecular weight excluding hydrogens is 293 g/mol. The number of carbonyl (C=O) groups is 1. The van der Waals surface area contributed by atoms with Crippen LogP contribution in [0, 0.1) is 5.82 Å². The molecule has 1 heterocycles. The summed E-state index contributed by atoms with van der Waals surface area (Å²) in [4.78, 5) is 12.6. The summed E-state index contributed by atoms with van der Waals surface area (Å²) in [6.07, 6.45) is 5.32. The molecule has 1 amide bonds. The molecule has 1 aromatic heterocycles. The standard InChI is InChI=1S/C18H22FN3O/c1-2-7-13-12-16(22-21-13)17(23)20-18(10-5-6-11-18)14-8-3-4-9-15(14)19/h3-4,8-9,12H,2,5-7,10-11H2,1H3,(H,20,23)(H,21,22). The molecule has 122 valence electrons. The number of carbonyl (C=O) groups excluding carboxylic acids is 1. The molecule has 1 aromatic carbocycles. The lowest BCUT2D eigenvalue weighted by Gasteiger charge is -2.31. The number of H-pyrrole nitrogens is 1. The quantitative estimate of drug-likeness (QED) is 0.884. The van der Waals surface area contributed by atoms with E-state index in [9.17, 15) is 9.18 Å². The molecule has 0 aliphatic heterocycles. The van der Waals surface area contributed by atoms with Crippen LogP contribution < -0.4 is 5.32 Å². The number of aromatic nitrogens is 2. The second kappa shape index (κ2) is 6.52. The summed E-state index contributed by atoms with van der Waals surface area (Å²) >= 11 is 0. The van der Waals surface area contributed by atoms with Crippen molar-refractivity contribution in [2.75, 3.05) is 0 Å². The summed E-state index contributed by atoms with van der Waals surface area (Å²) < 4.78 is 14.3. The van der Waals surface area contributed by atoms with Gasteiger partial charge >= 0.3 is 0 Å². The predicted octanol–water partition coefficient (Wildman–Crippen LogP) is 3.70. The number of hydrogen-bond donors (Lipinski definition) is 2. The summed E-state index contributed by atoms with van der Waals surface area (Å²) in [6.45, 7) is 2.08. The fourth-order valence-electron chi connectivity index (χ4n) is 3.45. The SMILES string of the molecule is CCCc1cc(C(=O)NC2(c3ccccc3F)CCCC2)n[nH]1. The zero-order chi connectivity index (χ0) is 16.3. The van der Waals surface area contributed by atoms with Crippen LogP contribution in [0.1, 0.15) is 60.8 Å². The molecule has 2 aromatic rings. The Morgan fingerprint density at radius 3 is 2.78 bits per heavy atom. The molecule has 1 aliphatic rings. The highest BCUT2D eigenvalue weighted by molar-refractivity contribution is 5.93. The molecule has 3 rings (SSSR count). The first-order chi connectivity index (χ1) is 11.1. The van der Waals surface area contributed by atoms with E-state index < -0.39 is 5.54 Å². The zero-order valence-electron chi connectivity index (χ0n) is 13.4. The Balaban J connectivity index is 1.85. The highest BCUT2D eigenvalue weighted by Crippen LogP contribution is 2.40. The monoisotopic (exact) mass is 315 g/mol. The van der Waals surface area contributed by atoms with E-state index >= 15 is 0 Å². The van der Waals surface area contributed by atoms with Gasteiger partial charge in [-0.15, -0.1) is 0 Å². The highest BCUT2D eigenvalue weighted by Gasteiger charge is 2.39. The normalized spacial score (nSPS) is 16.4. The van der Waals surface area contributed by atoms with Gasteiger partial charge in [-0.25, -0.2) is 4.39 Å². The second-order valence-corrected chi connectivity index (χ2v) is 6.25. The fraction of sp³-hybridized carbons (Fsp3) is 0.444. The van der Waals surface area contributed by atoms with E-state index in [1.807, 2.05) is 6.07 Å². The van der Waals surface area contributed by atoms with Gasteiger partial charge in [0, 0.05) is 11.3 Å². The first kappa shape index (κ1) is 15.7. The van der Waals surface area contributed by atoms with Gasteiger partial charge in [0.1, 0.15) is 11.5 Å². The maximum absolute atomic E-state index is 14.3. The lowest BCUT2D eigenvalue weighted by atomic mass is 9.87. The van der Waals surface area contributed by atoms with Crippen molar-refractivity contribution in [3.63, 3.8) is 0 Å². The van der Waals surface area contributed by atoms with E-state index in [1.165, 1.54) is 6.07 Å². The van der Waals surface area contributed by atoms with Gasteiger partial charge in [-0.3, -0.25) is 9.89 Å². The number of hydrogen-bond acceptors (Lipinski definition) is 2. The minimum Gasteiger partial charge on any atom is -0.341 e. The first-order valence-electron chi connectivity index (χ1n) is 8.26. The molecule has 5 heteroatoms. The summed E-state index contributed by atoms with van der Waals surface area (Å²) in [7, 11) is 0. The van der Waals surface area contributed by atoms with Crippen LogP contribution in [0.4, 0.5) is 4.39 Å². The van der Waals surface area contributed by atoms with Gasteiger partial charge in [-0.1, -0.05) is 44.4 Å². The molecule has 1 saturated carbocycles. The molecule has 0 atom stereocenters. The zero-order valence-corrected chi connectivity index (χ0v) is 13.4. The maximum Gasteiger partial charge on any atom is 0.272 e. The van der Waals surface area contributed by atoms with Crippen molar-refractivity contribution >= 4 is 5.91 Å². The molecule has 0 bridgehead atoms. The van der Waals surface area contributed by atoms with E-state index in [4.69, 9.17) is 0 Å². The lowest BCUT2D eigenvalue weighted by Crippen LogP contribution is -2.44. The summed E-state index contributed by atoms with van der Waals surface area (Å²) in [5.41, 5.74) is 1.28. The number of aromatic amines is 1. The van der Waals surface area contributed by atoms with Gasteiger partial charge in [-0.05, 0) is 31.4 Å².